The van der Waals surface area contributed by atoms with Gasteiger partial charge < -0.3 is 9.97 Å². The number of fused-ring (bicyclic) bond motifs is 1. The molecule has 2 aromatic rings. The molecule has 0 spiro atoms. The highest BCUT2D eigenvalue weighted by molar-refractivity contribution is 7.98. The molecule has 6 heteroatoms. The first-order chi connectivity index (χ1) is 10.7. The van der Waals surface area contributed by atoms with Gasteiger partial charge in [0.15, 0.2) is 0 Å². The van der Waals surface area contributed by atoms with Crippen molar-refractivity contribution >= 4 is 11.8 Å². The first-order valence-corrected chi connectivity index (χ1v) is 9.41. The number of thioether (sulfide) groups is 1. The van der Waals surface area contributed by atoms with E-state index in [1.807, 2.05) is 18.1 Å². The normalized spacial score (nSPS) is 18.6. The maximum absolute atomic E-state index is 4.75. The number of nitrogens with zero attached hydrogens (tertiary/aromatic N) is 3. The van der Waals surface area contributed by atoms with Crippen molar-refractivity contribution in [3.8, 4) is 0 Å². The zero-order valence-electron chi connectivity index (χ0n) is 13.6. The summed E-state index contributed by atoms with van der Waals surface area (Å²) in [6.07, 6.45) is 7.16. The maximum atomic E-state index is 4.75. The van der Waals surface area contributed by atoms with Gasteiger partial charge in [-0.15, -0.1) is 0 Å². The minimum Gasteiger partial charge on any atom is -0.348 e. The molecule has 120 valence electrons. The summed E-state index contributed by atoms with van der Waals surface area (Å²) in [6.45, 7) is 6.25. The van der Waals surface area contributed by atoms with Gasteiger partial charge in [0, 0.05) is 37.3 Å². The molecule has 2 N–H and O–H groups in total. The predicted octanol–water partition coefficient (Wildman–Crippen LogP) is 2.86. The van der Waals surface area contributed by atoms with Gasteiger partial charge in [-0.3, -0.25) is 4.90 Å². The highest BCUT2D eigenvalue weighted by Gasteiger charge is 2.29. The Labute approximate surface area is 136 Å². The Bertz CT molecular complexity index is 618. The van der Waals surface area contributed by atoms with Crippen molar-refractivity contribution in [3.05, 3.63) is 34.9 Å². The van der Waals surface area contributed by atoms with Crippen LogP contribution in [0.15, 0.2) is 6.33 Å². The molecule has 1 atom stereocenters. The average Bonchev–Trinajstić information content (AvgIpc) is 3.13. The summed E-state index contributed by atoms with van der Waals surface area (Å²) in [5.41, 5.74) is 4.94. The Morgan fingerprint density at radius 3 is 3.05 bits per heavy atom. The largest absolute Gasteiger partial charge is 0.348 e. The molecule has 0 bridgehead atoms. The van der Waals surface area contributed by atoms with Gasteiger partial charge in [0.2, 0.25) is 0 Å². The Kier molecular flexibility index (Phi) is 4.88. The number of H-pyrrole nitrogens is 2. The molecule has 0 amide bonds. The quantitative estimate of drug-likeness (QED) is 0.859. The van der Waals surface area contributed by atoms with E-state index in [0.29, 0.717) is 6.04 Å². The predicted molar refractivity (Wildman–Crippen MR) is 91.1 cm³/mol. The lowest BCUT2D eigenvalue weighted by atomic mass is 10.00. The zero-order chi connectivity index (χ0) is 15.5. The second-order valence-electron chi connectivity index (χ2n) is 5.89. The highest BCUT2D eigenvalue weighted by atomic mass is 32.2. The number of aryl methyl sites for hydroxylation is 2. The van der Waals surface area contributed by atoms with Crippen molar-refractivity contribution < 1.29 is 0 Å². The third-order valence-corrected chi connectivity index (χ3v) is 5.12. The smallest absolute Gasteiger partial charge is 0.106 e. The molecule has 22 heavy (non-hydrogen) atoms. The van der Waals surface area contributed by atoms with Crippen LogP contribution in [0.25, 0.3) is 0 Å². The molecule has 3 heterocycles. The lowest BCUT2D eigenvalue weighted by molar-refractivity contribution is 0.166. The summed E-state index contributed by atoms with van der Waals surface area (Å²) in [5.74, 6) is 2.25. The number of rotatable bonds is 6. The van der Waals surface area contributed by atoms with Gasteiger partial charge in [0.25, 0.3) is 0 Å². The highest BCUT2D eigenvalue weighted by Crippen LogP contribution is 2.32. The van der Waals surface area contributed by atoms with Gasteiger partial charge in [0.1, 0.15) is 5.82 Å². The molecule has 0 saturated heterocycles. The molecule has 0 aromatic carbocycles. The number of hydrogen-bond acceptors (Lipinski definition) is 4. The lowest BCUT2D eigenvalue weighted by Gasteiger charge is -2.34. The molecule has 1 aliphatic rings. The molecular formula is C16H25N5S. The molecule has 0 aliphatic carbocycles. The van der Waals surface area contributed by atoms with Crippen LogP contribution in [-0.2, 0) is 19.4 Å². The second-order valence-corrected chi connectivity index (χ2v) is 6.88. The van der Waals surface area contributed by atoms with Gasteiger partial charge >= 0.3 is 0 Å². The van der Waals surface area contributed by atoms with E-state index in [0.717, 1.165) is 43.9 Å². The second kappa shape index (κ2) is 6.87. The van der Waals surface area contributed by atoms with Crippen LogP contribution in [0.4, 0.5) is 0 Å². The van der Waals surface area contributed by atoms with Crippen LogP contribution in [0.1, 0.15) is 48.0 Å². The monoisotopic (exact) mass is 319 g/mol. The molecule has 5 nitrogen and oxygen atoms in total. The third-order valence-electron chi connectivity index (χ3n) is 4.47. The standard InChI is InChI=1S/C16H25N5S/c1-4-15-19-11(2)13(20-15)9-21-7-5-12-16(18-10-17-12)14(21)6-8-22-3/h10,14H,4-9H2,1-3H3,(H,17,18)(H,19,20)/t14-/m1/s1. The first kappa shape index (κ1) is 15.6. The fourth-order valence-corrected chi connectivity index (χ4v) is 3.68. The van der Waals surface area contributed by atoms with E-state index in [2.05, 4.69) is 40.0 Å². The van der Waals surface area contributed by atoms with Gasteiger partial charge in [-0.1, -0.05) is 6.92 Å². The van der Waals surface area contributed by atoms with Crippen molar-refractivity contribution in [2.24, 2.45) is 0 Å². The van der Waals surface area contributed by atoms with Gasteiger partial charge in [-0.05, 0) is 25.4 Å². The van der Waals surface area contributed by atoms with Crippen LogP contribution in [0, 0.1) is 6.92 Å². The fraction of sp³-hybridized carbons (Fsp3) is 0.625. The van der Waals surface area contributed by atoms with Crippen molar-refractivity contribution in [2.45, 2.75) is 45.7 Å². The number of aromatic amines is 2. The SMILES string of the molecule is CCc1nc(CN2CCc3[nH]cnc3[C@H]2CCSC)c(C)[nH]1. The van der Waals surface area contributed by atoms with Crippen LogP contribution in [-0.4, -0.2) is 43.4 Å². The molecule has 2 aromatic heterocycles. The third kappa shape index (κ3) is 3.08. The zero-order valence-corrected chi connectivity index (χ0v) is 14.5. The summed E-state index contributed by atoms with van der Waals surface area (Å²) >= 11 is 1.91. The number of imidazole rings is 2. The first-order valence-electron chi connectivity index (χ1n) is 8.02. The maximum Gasteiger partial charge on any atom is 0.106 e. The van der Waals surface area contributed by atoms with E-state index in [-0.39, 0.29) is 0 Å². The summed E-state index contributed by atoms with van der Waals surface area (Å²) in [7, 11) is 0. The Hall–Kier alpha value is -1.27. The molecule has 1 aliphatic heterocycles. The minimum atomic E-state index is 0.406. The Balaban J connectivity index is 1.80. The van der Waals surface area contributed by atoms with Crippen molar-refractivity contribution in [3.63, 3.8) is 0 Å². The van der Waals surface area contributed by atoms with E-state index in [1.165, 1.54) is 22.8 Å². The Morgan fingerprint density at radius 1 is 1.45 bits per heavy atom. The van der Waals surface area contributed by atoms with Crippen molar-refractivity contribution in [1.29, 1.82) is 0 Å². The molecule has 0 fully saturated rings. The van der Waals surface area contributed by atoms with Crippen LogP contribution < -0.4 is 0 Å². The molecule has 0 saturated carbocycles. The van der Waals surface area contributed by atoms with Crippen molar-refractivity contribution in [2.75, 3.05) is 18.6 Å². The summed E-state index contributed by atoms with van der Waals surface area (Å²) in [5, 5.41) is 0. The van der Waals surface area contributed by atoms with Gasteiger partial charge in [0.05, 0.1) is 23.8 Å². The summed E-state index contributed by atoms with van der Waals surface area (Å²) in [4.78, 5) is 18.6. The molecule has 0 radical (unpaired) electrons. The van der Waals surface area contributed by atoms with Gasteiger partial charge in [-0.25, -0.2) is 9.97 Å². The fourth-order valence-electron chi connectivity index (χ4n) is 3.22. The van der Waals surface area contributed by atoms with Gasteiger partial charge in [-0.2, -0.15) is 11.8 Å². The van der Waals surface area contributed by atoms with E-state index >= 15 is 0 Å². The van der Waals surface area contributed by atoms with Crippen LogP contribution in [0.5, 0.6) is 0 Å². The molecular weight excluding hydrogens is 294 g/mol. The average molecular weight is 319 g/mol. The number of aromatic nitrogens is 4. The number of hydrogen-bond donors (Lipinski definition) is 2. The lowest BCUT2D eigenvalue weighted by Crippen LogP contribution is -2.35. The van der Waals surface area contributed by atoms with Crippen LogP contribution in [0.2, 0.25) is 0 Å². The van der Waals surface area contributed by atoms with Crippen LogP contribution in [0.3, 0.4) is 0 Å². The Morgan fingerprint density at radius 2 is 2.32 bits per heavy atom. The molecule has 3 rings (SSSR count). The van der Waals surface area contributed by atoms with E-state index in [1.54, 1.807) is 0 Å². The topological polar surface area (TPSA) is 60.6 Å². The van der Waals surface area contributed by atoms with Crippen molar-refractivity contribution in [1.82, 2.24) is 24.8 Å². The summed E-state index contributed by atoms with van der Waals surface area (Å²) in [6, 6.07) is 0.406. The minimum absolute atomic E-state index is 0.406. The van der Waals surface area contributed by atoms with E-state index in [4.69, 9.17) is 4.98 Å². The van der Waals surface area contributed by atoms with E-state index < -0.39 is 0 Å². The molecule has 0 unspecified atom stereocenters. The number of nitrogens with one attached hydrogen (secondary N) is 2. The van der Waals surface area contributed by atoms with Crippen LogP contribution >= 0.6 is 11.8 Å². The summed E-state index contributed by atoms with van der Waals surface area (Å²) < 4.78 is 0. The van der Waals surface area contributed by atoms with E-state index in [9.17, 15) is 0 Å².